The van der Waals surface area contributed by atoms with E-state index in [4.69, 9.17) is 0 Å². The number of hydrogen-bond donors (Lipinski definition) is 1. The molecule has 0 radical (unpaired) electrons. The normalized spacial score (nSPS) is 15.3. The van der Waals surface area contributed by atoms with Gasteiger partial charge in [0, 0.05) is 52.2 Å². The minimum Gasteiger partial charge on any atom is -0.339 e. The van der Waals surface area contributed by atoms with Gasteiger partial charge in [0.25, 0.3) is 0 Å². The van der Waals surface area contributed by atoms with Crippen molar-refractivity contribution in [2.75, 3.05) is 52.4 Å². The van der Waals surface area contributed by atoms with E-state index < -0.39 is 0 Å². The summed E-state index contributed by atoms with van der Waals surface area (Å²) in [4.78, 5) is 29.7. The Hall–Kier alpha value is -1.30. The first-order valence-corrected chi connectivity index (χ1v) is 7.66. The fourth-order valence-corrected chi connectivity index (χ4v) is 2.37. The van der Waals surface area contributed by atoms with Crippen LogP contribution in [0.5, 0.6) is 0 Å². The molecule has 0 saturated carbocycles. The molecule has 0 aliphatic carbocycles. The molecule has 6 heteroatoms. The van der Waals surface area contributed by atoms with Crippen LogP contribution in [0, 0.1) is 0 Å². The zero-order chi connectivity index (χ0) is 15.0. The van der Waals surface area contributed by atoms with Gasteiger partial charge in [0.15, 0.2) is 0 Å². The molecule has 1 saturated heterocycles. The van der Waals surface area contributed by atoms with Crippen molar-refractivity contribution in [1.29, 1.82) is 0 Å². The molecule has 0 aromatic rings. The highest BCUT2D eigenvalue weighted by Gasteiger charge is 2.25. The highest BCUT2D eigenvalue weighted by Crippen LogP contribution is 2.07. The topological polar surface area (TPSA) is 55.9 Å². The Balaban J connectivity index is 2.35. The van der Waals surface area contributed by atoms with Crippen molar-refractivity contribution in [3.05, 3.63) is 0 Å². The van der Waals surface area contributed by atoms with E-state index in [0.717, 1.165) is 26.2 Å². The highest BCUT2D eigenvalue weighted by atomic mass is 16.2. The lowest BCUT2D eigenvalue weighted by molar-refractivity contribution is -0.132. The molecule has 3 amide bonds. The van der Waals surface area contributed by atoms with Crippen molar-refractivity contribution in [2.24, 2.45) is 0 Å². The van der Waals surface area contributed by atoms with Crippen LogP contribution in [-0.4, -0.2) is 79.0 Å². The van der Waals surface area contributed by atoms with E-state index in [1.54, 1.807) is 0 Å². The van der Waals surface area contributed by atoms with Gasteiger partial charge in [-0.15, -0.1) is 0 Å². The third-order valence-corrected chi connectivity index (χ3v) is 3.70. The molecule has 1 aliphatic heterocycles. The molecular weight excluding hydrogens is 256 g/mol. The average molecular weight is 284 g/mol. The molecular formula is C14H28N4O2. The summed E-state index contributed by atoms with van der Waals surface area (Å²) in [5, 5.41) is 3.16. The Labute approximate surface area is 122 Å². The van der Waals surface area contributed by atoms with Crippen molar-refractivity contribution < 1.29 is 9.59 Å². The van der Waals surface area contributed by atoms with E-state index in [-0.39, 0.29) is 11.9 Å². The fraction of sp³-hybridized carbons (Fsp3) is 0.857. The second-order valence-corrected chi connectivity index (χ2v) is 4.93. The number of amides is 3. The van der Waals surface area contributed by atoms with Crippen LogP contribution in [-0.2, 0) is 4.79 Å². The van der Waals surface area contributed by atoms with Crippen LogP contribution >= 0.6 is 0 Å². The highest BCUT2D eigenvalue weighted by molar-refractivity contribution is 5.78. The van der Waals surface area contributed by atoms with Crippen molar-refractivity contribution in [2.45, 2.75) is 27.2 Å². The van der Waals surface area contributed by atoms with Gasteiger partial charge in [-0.05, 0) is 20.4 Å². The predicted molar refractivity (Wildman–Crippen MR) is 79.6 cm³/mol. The first-order chi connectivity index (χ1) is 9.63. The molecule has 0 bridgehead atoms. The molecule has 1 fully saturated rings. The predicted octanol–water partition coefficient (Wildman–Crippen LogP) is 0.592. The molecule has 1 rings (SSSR count). The minimum absolute atomic E-state index is 0.0924. The summed E-state index contributed by atoms with van der Waals surface area (Å²) in [6.45, 7) is 11.7. The first-order valence-electron chi connectivity index (χ1n) is 7.66. The van der Waals surface area contributed by atoms with E-state index in [9.17, 15) is 9.59 Å². The van der Waals surface area contributed by atoms with Crippen LogP contribution in [0.2, 0.25) is 0 Å². The van der Waals surface area contributed by atoms with Gasteiger partial charge in [-0.1, -0.05) is 6.92 Å². The van der Waals surface area contributed by atoms with E-state index in [1.165, 1.54) is 0 Å². The Morgan fingerprint density at radius 3 is 2.05 bits per heavy atom. The van der Waals surface area contributed by atoms with Gasteiger partial charge < -0.3 is 20.0 Å². The van der Waals surface area contributed by atoms with Crippen molar-refractivity contribution in [1.82, 2.24) is 20.0 Å². The fourth-order valence-electron chi connectivity index (χ4n) is 2.37. The Morgan fingerprint density at radius 1 is 1.00 bits per heavy atom. The average Bonchev–Trinajstić information content (AvgIpc) is 2.48. The number of hydrogen-bond acceptors (Lipinski definition) is 3. The van der Waals surface area contributed by atoms with E-state index in [1.807, 2.05) is 35.5 Å². The molecule has 0 aromatic heterocycles. The molecule has 20 heavy (non-hydrogen) atoms. The van der Waals surface area contributed by atoms with Gasteiger partial charge in [0.05, 0.1) is 0 Å². The molecule has 1 N–H and O–H groups in total. The van der Waals surface area contributed by atoms with Gasteiger partial charge in [0.2, 0.25) is 5.91 Å². The van der Waals surface area contributed by atoms with Crippen molar-refractivity contribution in [3.8, 4) is 0 Å². The molecule has 0 atom stereocenters. The number of nitrogens with one attached hydrogen (secondary N) is 1. The SMILES string of the molecule is CCNCCC(=O)N1CCN(C(=O)N(CC)CC)CC1. The van der Waals surface area contributed by atoms with Crippen molar-refractivity contribution >= 4 is 11.9 Å². The van der Waals surface area contributed by atoms with Gasteiger partial charge in [-0.2, -0.15) is 0 Å². The largest absolute Gasteiger partial charge is 0.339 e. The Bertz CT molecular complexity index is 310. The third kappa shape index (κ3) is 4.67. The first kappa shape index (κ1) is 16.8. The number of rotatable bonds is 6. The van der Waals surface area contributed by atoms with Gasteiger partial charge >= 0.3 is 6.03 Å². The number of urea groups is 1. The zero-order valence-electron chi connectivity index (χ0n) is 13.0. The zero-order valence-corrected chi connectivity index (χ0v) is 13.0. The Kier molecular flexibility index (Phi) is 7.36. The number of nitrogens with zero attached hydrogens (tertiary/aromatic N) is 3. The van der Waals surface area contributed by atoms with Crippen LogP contribution in [0.25, 0.3) is 0 Å². The van der Waals surface area contributed by atoms with Crippen LogP contribution in [0.3, 0.4) is 0 Å². The van der Waals surface area contributed by atoms with Gasteiger partial charge in [-0.25, -0.2) is 4.79 Å². The second kappa shape index (κ2) is 8.79. The lowest BCUT2D eigenvalue weighted by Crippen LogP contribution is -2.54. The van der Waals surface area contributed by atoms with E-state index in [0.29, 0.717) is 32.6 Å². The Morgan fingerprint density at radius 2 is 1.55 bits per heavy atom. The molecule has 0 spiro atoms. The molecule has 6 nitrogen and oxygen atoms in total. The van der Waals surface area contributed by atoms with E-state index in [2.05, 4.69) is 5.32 Å². The smallest absolute Gasteiger partial charge is 0.320 e. The maximum atomic E-state index is 12.2. The summed E-state index contributed by atoms with van der Waals surface area (Å²) in [5.74, 6) is 0.181. The standard InChI is InChI=1S/C14H28N4O2/c1-4-15-8-7-13(19)17-9-11-18(12-10-17)14(20)16(5-2)6-3/h15H,4-12H2,1-3H3. The van der Waals surface area contributed by atoms with Crippen LogP contribution in [0.4, 0.5) is 4.79 Å². The quantitative estimate of drug-likeness (QED) is 0.726. The van der Waals surface area contributed by atoms with Crippen molar-refractivity contribution in [3.63, 3.8) is 0 Å². The van der Waals surface area contributed by atoms with Crippen LogP contribution in [0.1, 0.15) is 27.2 Å². The number of carbonyl (C=O) groups excluding carboxylic acids is 2. The minimum atomic E-state index is 0.0924. The second-order valence-electron chi connectivity index (χ2n) is 4.93. The van der Waals surface area contributed by atoms with E-state index >= 15 is 0 Å². The maximum Gasteiger partial charge on any atom is 0.320 e. The maximum absolute atomic E-state index is 12.2. The molecule has 0 aromatic carbocycles. The lowest BCUT2D eigenvalue weighted by Gasteiger charge is -2.37. The monoisotopic (exact) mass is 284 g/mol. The summed E-state index contributed by atoms with van der Waals surface area (Å²) in [6.07, 6.45) is 0.540. The third-order valence-electron chi connectivity index (χ3n) is 3.70. The molecule has 0 unspecified atom stereocenters. The molecule has 1 heterocycles. The van der Waals surface area contributed by atoms with Gasteiger partial charge in [0.1, 0.15) is 0 Å². The van der Waals surface area contributed by atoms with Crippen LogP contribution < -0.4 is 5.32 Å². The molecule has 116 valence electrons. The summed E-state index contributed by atoms with van der Waals surface area (Å²) >= 11 is 0. The summed E-state index contributed by atoms with van der Waals surface area (Å²) < 4.78 is 0. The number of piperazine rings is 1. The lowest BCUT2D eigenvalue weighted by atomic mass is 10.2. The van der Waals surface area contributed by atoms with Crippen LogP contribution in [0.15, 0.2) is 0 Å². The van der Waals surface area contributed by atoms with Gasteiger partial charge in [-0.3, -0.25) is 4.79 Å². The summed E-state index contributed by atoms with van der Waals surface area (Å²) in [6, 6.07) is 0.0924. The molecule has 1 aliphatic rings. The summed E-state index contributed by atoms with van der Waals surface area (Å²) in [7, 11) is 0. The number of carbonyl (C=O) groups is 2. The summed E-state index contributed by atoms with van der Waals surface area (Å²) in [5.41, 5.74) is 0.